The lowest BCUT2D eigenvalue weighted by Gasteiger charge is -2.20. The van der Waals surface area contributed by atoms with Crippen LogP contribution in [0.4, 0.5) is 8.78 Å². The van der Waals surface area contributed by atoms with E-state index in [1.165, 1.54) is 12.1 Å². The van der Waals surface area contributed by atoms with Crippen LogP contribution in [-0.4, -0.2) is 6.04 Å². The van der Waals surface area contributed by atoms with Crippen LogP contribution in [0.25, 0.3) is 0 Å². The lowest BCUT2D eigenvalue weighted by atomic mass is 10.1. The Hall–Kier alpha value is -1.22. The van der Waals surface area contributed by atoms with Crippen LogP contribution in [0.1, 0.15) is 31.4 Å². The number of rotatable bonds is 3. The summed E-state index contributed by atoms with van der Waals surface area (Å²) in [5, 5.41) is 3.29. The molecule has 0 spiro atoms. The normalized spacial score (nSPS) is 17.9. The summed E-state index contributed by atoms with van der Waals surface area (Å²) in [4.78, 5) is 0. The van der Waals surface area contributed by atoms with Crippen molar-refractivity contribution in [1.82, 2.24) is 5.32 Å². The summed E-state index contributed by atoms with van der Waals surface area (Å²) >= 11 is 0. The SMILES string of the molecule is CC(NC1CC=CC1)c1cc(F)ccc1F. The van der Waals surface area contributed by atoms with Gasteiger partial charge in [-0.1, -0.05) is 12.2 Å². The van der Waals surface area contributed by atoms with Gasteiger partial charge in [0.05, 0.1) is 0 Å². The second kappa shape index (κ2) is 4.74. The third kappa shape index (κ3) is 2.47. The van der Waals surface area contributed by atoms with Gasteiger partial charge in [0.2, 0.25) is 0 Å². The maximum atomic E-state index is 13.5. The molecule has 1 unspecified atom stereocenters. The molecule has 1 N–H and O–H groups in total. The van der Waals surface area contributed by atoms with Crippen molar-refractivity contribution in [3.63, 3.8) is 0 Å². The molecule has 0 amide bonds. The summed E-state index contributed by atoms with van der Waals surface area (Å²) in [6.45, 7) is 1.86. The fourth-order valence-electron chi connectivity index (χ4n) is 2.04. The quantitative estimate of drug-likeness (QED) is 0.775. The fraction of sp³-hybridized carbons (Fsp3) is 0.385. The zero-order valence-corrected chi connectivity index (χ0v) is 9.21. The van der Waals surface area contributed by atoms with Gasteiger partial charge in [-0.05, 0) is 38.0 Å². The molecule has 1 nitrogen and oxygen atoms in total. The van der Waals surface area contributed by atoms with Crippen LogP contribution in [0, 0.1) is 11.6 Å². The van der Waals surface area contributed by atoms with E-state index < -0.39 is 5.82 Å². The molecule has 0 radical (unpaired) electrons. The second-order valence-electron chi connectivity index (χ2n) is 4.19. The van der Waals surface area contributed by atoms with E-state index in [0.717, 1.165) is 18.9 Å². The van der Waals surface area contributed by atoms with E-state index in [-0.39, 0.29) is 11.9 Å². The molecule has 0 bridgehead atoms. The van der Waals surface area contributed by atoms with Gasteiger partial charge in [-0.15, -0.1) is 0 Å². The molecule has 1 aromatic rings. The molecule has 1 aliphatic rings. The van der Waals surface area contributed by atoms with Gasteiger partial charge in [0, 0.05) is 17.6 Å². The summed E-state index contributed by atoms with van der Waals surface area (Å²) in [6, 6.07) is 3.76. The first-order valence-corrected chi connectivity index (χ1v) is 5.53. The lowest BCUT2D eigenvalue weighted by Crippen LogP contribution is -2.29. The minimum Gasteiger partial charge on any atom is -0.307 e. The molecule has 0 aromatic heterocycles. The Morgan fingerprint density at radius 3 is 2.62 bits per heavy atom. The van der Waals surface area contributed by atoms with E-state index in [0.29, 0.717) is 11.6 Å². The largest absolute Gasteiger partial charge is 0.307 e. The first-order valence-electron chi connectivity index (χ1n) is 5.53. The zero-order valence-electron chi connectivity index (χ0n) is 9.21. The third-order valence-electron chi connectivity index (χ3n) is 2.92. The summed E-state index contributed by atoms with van der Waals surface area (Å²) in [5.74, 6) is -0.748. The van der Waals surface area contributed by atoms with Crippen LogP contribution in [0.2, 0.25) is 0 Å². The number of hydrogen-bond acceptors (Lipinski definition) is 1. The Kier molecular flexibility index (Phi) is 3.34. The highest BCUT2D eigenvalue weighted by Crippen LogP contribution is 2.21. The Balaban J connectivity index is 2.07. The molecule has 0 aliphatic heterocycles. The molecule has 0 heterocycles. The van der Waals surface area contributed by atoms with Gasteiger partial charge in [0.15, 0.2) is 0 Å². The maximum Gasteiger partial charge on any atom is 0.128 e. The minimum atomic E-state index is -0.394. The van der Waals surface area contributed by atoms with Crippen molar-refractivity contribution in [1.29, 1.82) is 0 Å². The highest BCUT2D eigenvalue weighted by Gasteiger charge is 2.17. The summed E-state index contributed by atoms with van der Waals surface area (Å²) in [7, 11) is 0. The summed E-state index contributed by atoms with van der Waals surface area (Å²) < 4.78 is 26.5. The smallest absolute Gasteiger partial charge is 0.128 e. The van der Waals surface area contributed by atoms with Gasteiger partial charge >= 0.3 is 0 Å². The van der Waals surface area contributed by atoms with Crippen molar-refractivity contribution in [3.8, 4) is 0 Å². The molecule has 0 saturated carbocycles. The van der Waals surface area contributed by atoms with Crippen molar-refractivity contribution in [3.05, 3.63) is 47.5 Å². The van der Waals surface area contributed by atoms with Gasteiger partial charge in [-0.2, -0.15) is 0 Å². The van der Waals surface area contributed by atoms with Crippen molar-refractivity contribution in [2.75, 3.05) is 0 Å². The molecule has 16 heavy (non-hydrogen) atoms. The van der Waals surface area contributed by atoms with Crippen LogP contribution in [0.15, 0.2) is 30.4 Å². The van der Waals surface area contributed by atoms with Crippen molar-refractivity contribution in [2.45, 2.75) is 31.8 Å². The molecular weight excluding hydrogens is 208 g/mol. The predicted octanol–water partition coefficient (Wildman–Crippen LogP) is 3.33. The van der Waals surface area contributed by atoms with Crippen molar-refractivity contribution < 1.29 is 8.78 Å². The molecule has 1 aromatic carbocycles. The summed E-state index contributed by atoms with van der Waals surface area (Å²) in [5.41, 5.74) is 0.395. The number of halogens is 2. The third-order valence-corrected chi connectivity index (χ3v) is 2.92. The van der Waals surface area contributed by atoms with Crippen molar-refractivity contribution in [2.24, 2.45) is 0 Å². The number of nitrogens with one attached hydrogen (secondary N) is 1. The Bertz CT molecular complexity index is 393. The fourth-order valence-corrected chi connectivity index (χ4v) is 2.04. The van der Waals surface area contributed by atoms with Crippen LogP contribution in [-0.2, 0) is 0 Å². The Morgan fingerprint density at radius 1 is 1.25 bits per heavy atom. The van der Waals surface area contributed by atoms with Crippen LogP contribution < -0.4 is 5.32 Å². The van der Waals surface area contributed by atoms with E-state index in [1.54, 1.807) is 0 Å². The maximum absolute atomic E-state index is 13.5. The van der Waals surface area contributed by atoms with E-state index in [4.69, 9.17) is 0 Å². The van der Waals surface area contributed by atoms with E-state index in [9.17, 15) is 8.78 Å². The highest BCUT2D eigenvalue weighted by molar-refractivity contribution is 5.22. The van der Waals surface area contributed by atoms with Gasteiger partial charge < -0.3 is 5.32 Å². The molecule has 0 saturated heterocycles. The van der Waals surface area contributed by atoms with Gasteiger partial charge in [0.1, 0.15) is 11.6 Å². The molecule has 1 aliphatic carbocycles. The van der Waals surface area contributed by atoms with Crippen LogP contribution in [0.5, 0.6) is 0 Å². The average Bonchev–Trinajstić information content (AvgIpc) is 2.74. The first-order chi connectivity index (χ1) is 7.66. The van der Waals surface area contributed by atoms with Crippen LogP contribution in [0.3, 0.4) is 0 Å². The van der Waals surface area contributed by atoms with Crippen LogP contribution >= 0.6 is 0 Å². The van der Waals surface area contributed by atoms with Gasteiger partial charge in [-0.3, -0.25) is 0 Å². The highest BCUT2D eigenvalue weighted by atomic mass is 19.1. The standard InChI is InChI=1S/C13H15F2N/c1-9(16-11-4-2-3-5-11)12-8-10(14)6-7-13(12)15/h2-3,6-9,11,16H,4-5H2,1H3. The monoisotopic (exact) mass is 223 g/mol. The Labute approximate surface area is 94.2 Å². The molecular formula is C13H15F2N. The van der Waals surface area contributed by atoms with Crippen molar-refractivity contribution >= 4 is 0 Å². The van der Waals surface area contributed by atoms with Gasteiger partial charge in [-0.25, -0.2) is 8.78 Å². The predicted molar refractivity (Wildman–Crippen MR) is 60.1 cm³/mol. The number of hydrogen-bond donors (Lipinski definition) is 1. The number of benzene rings is 1. The lowest BCUT2D eigenvalue weighted by molar-refractivity contribution is 0.452. The molecule has 86 valence electrons. The zero-order chi connectivity index (χ0) is 11.5. The minimum absolute atomic E-state index is 0.166. The summed E-state index contributed by atoms with van der Waals surface area (Å²) in [6.07, 6.45) is 6.13. The average molecular weight is 223 g/mol. The topological polar surface area (TPSA) is 12.0 Å². The Morgan fingerprint density at radius 2 is 1.94 bits per heavy atom. The second-order valence-corrected chi connectivity index (χ2v) is 4.19. The van der Waals surface area contributed by atoms with E-state index in [2.05, 4.69) is 17.5 Å². The molecule has 0 fully saturated rings. The van der Waals surface area contributed by atoms with E-state index >= 15 is 0 Å². The van der Waals surface area contributed by atoms with E-state index in [1.807, 2.05) is 6.92 Å². The molecule has 2 rings (SSSR count). The first kappa shape index (κ1) is 11.3. The molecule has 3 heteroatoms. The molecule has 1 atom stereocenters. The van der Waals surface area contributed by atoms with Gasteiger partial charge in [0.25, 0.3) is 0 Å².